The molecule has 1 aromatic rings. The van der Waals surface area contributed by atoms with Crippen LogP contribution in [0.3, 0.4) is 0 Å². The van der Waals surface area contributed by atoms with Crippen molar-refractivity contribution in [2.24, 2.45) is 0 Å². The Morgan fingerprint density at radius 3 is 2.50 bits per heavy atom. The molecule has 8 heavy (non-hydrogen) atoms. The number of hydrogen-bond acceptors (Lipinski definition) is 1. The lowest BCUT2D eigenvalue weighted by Crippen LogP contribution is -1.91. The van der Waals surface area contributed by atoms with Crippen molar-refractivity contribution >= 4 is 0 Å². The maximum absolute atomic E-state index is 11.5. The topological polar surface area (TPSA) is 17.8 Å². The zero-order chi connectivity index (χ0) is 5.98. The molecule has 0 atom stereocenters. The fourth-order valence-electron chi connectivity index (χ4n) is 0.385. The summed E-state index contributed by atoms with van der Waals surface area (Å²) in [6, 6.07) is 0. The van der Waals surface area contributed by atoms with Crippen molar-refractivity contribution in [3.05, 3.63) is 18.7 Å². The quantitative estimate of drug-likeness (QED) is 0.543. The Bertz CT molecular complexity index is 147. The summed E-state index contributed by atoms with van der Waals surface area (Å²) in [6.45, 7) is -2.46. The van der Waals surface area contributed by atoms with E-state index in [4.69, 9.17) is 0 Å². The van der Waals surface area contributed by atoms with Crippen molar-refractivity contribution in [3.8, 4) is 0 Å². The van der Waals surface area contributed by atoms with Gasteiger partial charge in [-0.05, 0) is 0 Å². The lowest BCUT2D eigenvalue weighted by Gasteiger charge is -1.94. The van der Waals surface area contributed by atoms with Crippen molar-refractivity contribution in [1.82, 2.24) is 9.55 Å². The van der Waals surface area contributed by atoms with Crippen LogP contribution in [0, 0.1) is 0 Å². The zero-order valence-electron chi connectivity index (χ0n) is 3.96. The third-order valence-electron chi connectivity index (χ3n) is 0.750. The largest absolute Gasteiger partial charge is 0.319 e. The molecule has 0 amide bonds. The minimum absolute atomic E-state index is 0.722. The van der Waals surface area contributed by atoms with E-state index in [0.29, 0.717) is 0 Å². The van der Waals surface area contributed by atoms with Crippen LogP contribution in [0.15, 0.2) is 18.7 Å². The van der Waals surface area contributed by atoms with Crippen molar-refractivity contribution < 1.29 is 8.78 Å². The molecule has 0 fully saturated rings. The normalized spacial score (nSPS) is 10.4. The second-order valence-corrected chi connectivity index (χ2v) is 1.29. The van der Waals surface area contributed by atoms with E-state index in [9.17, 15) is 8.78 Å². The molecule has 2 nitrogen and oxygen atoms in total. The van der Waals surface area contributed by atoms with Gasteiger partial charge in [0.2, 0.25) is 0 Å². The lowest BCUT2D eigenvalue weighted by molar-refractivity contribution is 0.0701. The predicted octanol–water partition coefficient (Wildman–Crippen LogP) is 1.28. The Morgan fingerprint density at radius 2 is 2.25 bits per heavy atom. The SMILES string of the molecule is FC(F)n1ccnc1. The highest BCUT2D eigenvalue weighted by molar-refractivity contribution is 4.73. The number of aromatic nitrogens is 2. The summed E-state index contributed by atoms with van der Waals surface area (Å²) in [4.78, 5) is 3.43. The van der Waals surface area contributed by atoms with Gasteiger partial charge in [0.25, 0.3) is 0 Å². The highest BCUT2D eigenvalue weighted by Crippen LogP contribution is 2.06. The molecule has 0 aliphatic rings. The van der Waals surface area contributed by atoms with Gasteiger partial charge in [0.1, 0.15) is 0 Å². The number of hydrogen-bond donors (Lipinski definition) is 0. The predicted molar refractivity (Wildman–Crippen MR) is 23.5 cm³/mol. The second kappa shape index (κ2) is 1.90. The maximum Gasteiger partial charge on any atom is 0.319 e. The van der Waals surface area contributed by atoms with Gasteiger partial charge in [-0.15, -0.1) is 0 Å². The molecule has 0 radical (unpaired) electrons. The van der Waals surface area contributed by atoms with Crippen molar-refractivity contribution in [1.29, 1.82) is 0 Å². The van der Waals surface area contributed by atoms with Crippen LogP contribution in [0.2, 0.25) is 0 Å². The van der Waals surface area contributed by atoms with E-state index in [2.05, 4.69) is 4.98 Å². The average Bonchev–Trinajstić information content (AvgIpc) is 2.12. The highest BCUT2D eigenvalue weighted by atomic mass is 19.3. The summed E-state index contributed by atoms with van der Waals surface area (Å²) in [5, 5.41) is 0. The minimum atomic E-state index is -2.46. The number of imidazole rings is 1. The van der Waals surface area contributed by atoms with E-state index in [1.165, 1.54) is 12.4 Å². The second-order valence-electron chi connectivity index (χ2n) is 1.29. The highest BCUT2D eigenvalue weighted by Gasteiger charge is 2.00. The van der Waals surface area contributed by atoms with E-state index < -0.39 is 6.55 Å². The standard InChI is InChI=1S/C4H4F2N2/c5-4(6)8-2-1-7-3-8/h1-4H. The molecule has 0 unspecified atom stereocenters. The van der Waals surface area contributed by atoms with Crippen molar-refractivity contribution in [2.75, 3.05) is 0 Å². The number of alkyl halides is 2. The first-order chi connectivity index (χ1) is 3.80. The summed E-state index contributed by atoms with van der Waals surface area (Å²) in [5.74, 6) is 0. The van der Waals surface area contributed by atoms with Crippen LogP contribution in [0.5, 0.6) is 0 Å². The Hall–Kier alpha value is -0.930. The van der Waals surface area contributed by atoms with E-state index in [1.807, 2.05) is 0 Å². The first-order valence-electron chi connectivity index (χ1n) is 2.06. The minimum Gasteiger partial charge on any atom is -0.280 e. The summed E-state index contributed by atoms with van der Waals surface area (Å²) in [5.41, 5.74) is 0. The van der Waals surface area contributed by atoms with Gasteiger partial charge in [-0.25, -0.2) is 4.98 Å². The molecule has 0 aliphatic carbocycles. The maximum atomic E-state index is 11.5. The zero-order valence-corrected chi connectivity index (χ0v) is 3.96. The Kier molecular flexibility index (Phi) is 1.24. The number of rotatable bonds is 1. The third kappa shape index (κ3) is 0.828. The van der Waals surface area contributed by atoms with Gasteiger partial charge in [0.05, 0.1) is 6.33 Å². The Morgan fingerprint density at radius 1 is 1.50 bits per heavy atom. The van der Waals surface area contributed by atoms with E-state index in [-0.39, 0.29) is 0 Å². The molecular formula is C4H4F2N2. The summed E-state index contributed by atoms with van der Waals surface area (Å²) < 4.78 is 23.8. The molecule has 0 saturated carbocycles. The van der Waals surface area contributed by atoms with Crippen LogP contribution in [-0.4, -0.2) is 9.55 Å². The van der Waals surface area contributed by atoms with Crippen LogP contribution in [-0.2, 0) is 0 Å². The van der Waals surface area contributed by atoms with Crippen molar-refractivity contribution in [3.63, 3.8) is 0 Å². The van der Waals surface area contributed by atoms with E-state index in [1.54, 1.807) is 0 Å². The van der Waals surface area contributed by atoms with Gasteiger partial charge >= 0.3 is 6.55 Å². The van der Waals surface area contributed by atoms with Gasteiger partial charge in [-0.3, -0.25) is 4.57 Å². The fraction of sp³-hybridized carbons (Fsp3) is 0.250. The molecule has 44 valence electrons. The Labute approximate surface area is 44.8 Å². The molecule has 1 aromatic heterocycles. The molecule has 0 N–H and O–H groups in total. The van der Waals surface area contributed by atoms with Gasteiger partial charge < -0.3 is 0 Å². The molecule has 0 saturated heterocycles. The molecule has 1 heterocycles. The van der Waals surface area contributed by atoms with Gasteiger partial charge in [-0.1, -0.05) is 0 Å². The molecule has 1 rings (SSSR count). The van der Waals surface area contributed by atoms with Crippen LogP contribution < -0.4 is 0 Å². The van der Waals surface area contributed by atoms with E-state index in [0.717, 1.165) is 10.9 Å². The summed E-state index contributed by atoms with van der Waals surface area (Å²) in [6.07, 6.45) is 3.60. The average molecular weight is 118 g/mol. The molecular weight excluding hydrogens is 114 g/mol. The van der Waals surface area contributed by atoms with Crippen molar-refractivity contribution in [2.45, 2.75) is 6.55 Å². The summed E-state index contributed by atoms with van der Waals surface area (Å²) >= 11 is 0. The van der Waals surface area contributed by atoms with Crippen LogP contribution in [0.4, 0.5) is 8.78 Å². The first kappa shape index (κ1) is 5.21. The van der Waals surface area contributed by atoms with Gasteiger partial charge in [0.15, 0.2) is 0 Å². The molecule has 4 heteroatoms. The third-order valence-corrected chi connectivity index (χ3v) is 0.750. The fourth-order valence-corrected chi connectivity index (χ4v) is 0.385. The molecule has 0 spiro atoms. The first-order valence-corrected chi connectivity index (χ1v) is 2.06. The van der Waals surface area contributed by atoms with Gasteiger partial charge in [-0.2, -0.15) is 8.78 Å². The number of nitrogens with zero attached hydrogens (tertiary/aromatic N) is 2. The van der Waals surface area contributed by atoms with E-state index >= 15 is 0 Å². The smallest absolute Gasteiger partial charge is 0.280 e. The van der Waals surface area contributed by atoms with Crippen LogP contribution >= 0.6 is 0 Å². The van der Waals surface area contributed by atoms with Crippen LogP contribution in [0.1, 0.15) is 6.55 Å². The molecule has 0 aromatic carbocycles. The van der Waals surface area contributed by atoms with Gasteiger partial charge in [0, 0.05) is 12.4 Å². The molecule has 0 bridgehead atoms. The monoisotopic (exact) mass is 118 g/mol. The molecule has 0 aliphatic heterocycles. The van der Waals surface area contributed by atoms with Crippen LogP contribution in [0.25, 0.3) is 0 Å². The number of halogens is 2. The summed E-state index contributed by atoms with van der Waals surface area (Å²) in [7, 11) is 0. The Balaban J connectivity index is 2.77. The lowest BCUT2D eigenvalue weighted by atomic mass is 10.9.